The molecule has 0 saturated carbocycles. The Morgan fingerprint density at radius 1 is 1.36 bits per heavy atom. The largest absolute Gasteiger partial charge is 0.267 e. The maximum absolute atomic E-state index is 7.22. The molecule has 110 valence electrons. The Hall–Kier alpha value is -2.10. The molecule has 0 radical (unpaired) electrons. The quantitative estimate of drug-likeness (QED) is 0.639. The molecule has 0 bridgehead atoms. The minimum Gasteiger partial charge on any atom is -0.267 e. The van der Waals surface area contributed by atoms with Gasteiger partial charge in [-0.05, 0) is 21.5 Å². The summed E-state index contributed by atoms with van der Waals surface area (Å²) >= 11 is 9.73. The van der Waals surface area contributed by atoms with E-state index < -0.39 is 0 Å². The first-order valence-electron chi connectivity index (χ1n) is 6.46. The van der Waals surface area contributed by atoms with E-state index in [1.807, 2.05) is 31.4 Å². The fourth-order valence-electron chi connectivity index (χ4n) is 2.28. The molecule has 0 N–H and O–H groups in total. The Morgan fingerprint density at radius 3 is 2.82 bits per heavy atom. The zero-order valence-electron chi connectivity index (χ0n) is 11.7. The van der Waals surface area contributed by atoms with Crippen LogP contribution in [0.2, 0.25) is 5.15 Å². The Kier molecular flexibility index (Phi) is 4.01. The van der Waals surface area contributed by atoms with E-state index in [1.54, 1.807) is 21.6 Å². The molecule has 0 amide bonds. The molecule has 1 aromatic carbocycles. The second-order valence-electron chi connectivity index (χ2n) is 4.74. The van der Waals surface area contributed by atoms with Crippen molar-refractivity contribution in [2.24, 2.45) is 7.05 Å². The summed E-state index contributed by atoms with van der Waals surface area (Å²) in [4.78, 5) is 3.53. The van der Waals surface area contributed by atoms with E-state index in [0.717, 1.165) is 21.3 Å². The average molecular weight is 377 g/mol. The lowest BCUT2D eigenvalue weighted by Crippen LogP contribution is -2.00. The Labute approximate surface area is 141 Å². The molecule has 0 aliphatic carbocycles. The number of aryl methyl sites for hydroxylation is 1. The van der Waals surface area contributed by atoms with Crippen LogP contribution in [0.15, 0.2) is 41.1 Å². The number of para-hydroxylation sites is 1. The second kappa shape index (κ2) is 5.95. The van der Waals surface area contributed by atoms with Gasteiger partial charge in [0.05, 0.1) is 35.0 Å². The van der Waals surface area contributed by atoms with Gasteiger partial charge in [0.25, 0.3) is 0 Å². The topological polar surface area (TPSA) is 40.0 Å². The smallest absolute Gasteiger partial charge is 0.192 e. The van der Waals surface area contributed by atoms with Crippen molar-refractivity contribution in [2.45, 2.75) is 6.54 Å². The third-order valence-electron chi connectivity index (χ3n) is 3.31. The van der Waals surface area contributed by atoms with Gasteiger partial charge in [-0.15, -0.1) is 0 Å². The summed E-state index contributed by atoms with van der Waals surface area (Å²) in [5.74, 6) is 0. The van der Waals surface area contributed by atoms with Crippen LogP contribution in [0.5, 0.6) is 0 Å². The van der Waals surface area contributed by atoms with Gasteiger partial charge in [-0.3, -0.25) is 9.36 Å². The number of halogens is 2. The zero-order chi connectivity index (χ0) is 15.7. The highest BCUT2D eigenvalue weighted by atomic mass is 79.9. The van der Waals surface area contributed by atoms with Crippen LogP contribution in [0.3, 0.4) is 0 Å². The van der Waals surface area contributed by atoms with Crippen molar-refractivity contribution in [2.75, 3.05) is 0 Å². The van der Waals surface area contributed by atoms with Crippen molar-refractivity contribution < 1.29 is 0 Å². The van der Waals surface area contributed by atoms with Crippen molar-refractivity contribution in [3.8, 4) is 11.3 Å². The molecule has 5 nitrogen and oxygen atoms in total. The van der Waals surface area contributed by atoms with E-state index in [0.29, 0.717) is 17.4 Å². The SMILES string of the molecule is [C-]#[N+]c1ccccc1Cn1cc(-c2c(Br)cnn2C)c(Cl)n1. The highest BCUT2D eigenvalue weighted by molar-refractivity contribution is 9.10. The van der Waals surface area contributed by atoms with Gasteiger partial charge in [-0.25, -0.2) is 4.85 Å². The maximum atomic E-state index is 7.22. The van der Waals surface area contributed by atoms with Gasteiger partial charge in [-0.1, -0.05) is 35.9 Å². The van der Waals surface area contributed by atoms with Crippen LogP contribution in [0.1, 0.15) is 5.56 Å². The molecule has 2 heterocycles. The van der Waals surface area contributed by atoms with E-state index in [4.69, 9.17) is 18.2 Å². The van der Waals surface area contributed by atoms with E-state index in [1.165, 1.54) is 0 Å². The van der Waals surface area contributed by atoms with Crippen molar-refractivity contribution in [1.29, 1.82) is 0 Å². The maximum Gasteiger partial charge on any atom is 0.192 e. The van der Waals surface area contributed by atoms with Crippen molar-refractivity contribution >= 4 is 33.2 Å². The Bertz CT molecular complexity index is 855. The van der Waals surface area contributed by atoms with Crippen LogP contribution in [-0.4, -0.2) is 19.6 Å². The third kappa shape index (κ3) is 2.65. The van der Waals surface area contributed by atoms with Gasteiger partial charge in [0, 0.05) is 13.2 Å². The molecule has 0 spiro atoms. The van der Waals surface area contributed by atoms with Crippen molar-refractivity contribution in [1.82, 2.24) is 19.6 Å². The first-order chi connectivity index (χ1) is 10.6. The van der Waals surface area contributed by atoms with Crippen molar-refractivity contribution in [3.63, 3.8) is 0 Å². The Balaban J connectivity index is 1.99. The zero-order valence-corrected chi connectivity index (χ0v) is 14.0. The molecule has 2 aromatic heterocycles. The summed E-state index contributed by atoms with van der Waals surface area (Å²) in [6.07, 6.45) is 3.59. The molecule has 0 atom stereocenters. The fraction of sp³-hybridized carbons (Fsp3) is 0.133. The Morgan fingerprint density at radius 2 is 2.14 bits per heavy atom. The molecule has 0 aliphatic rings. The van der Waals surface area contributed by atoms with Crippen LogP contribution in [0.4, 0.5) is 5.69 Å². The molecule has 0 unspecified atom stereocenters. The normalized spacial score (nSPS) is 10.6. The number of benzene rings is 1. The minimum atomic E-state index is 0.407. The van der Waals surface area contributed by atoms with Crippen LogP contribution in [0.25, 0.3) is 16.1 Å². The summed E-state index contributed by atoms with van der Waals surface area (Å²) in [6, 6.07) is 7.48. The molecule has 0 aliphatic heterocycles. The van der Waals surface area contributed by atoms with Crippen LogP contribution in [0, 0.1) is 6.57 Å². The fourth-order valence-corrected chi connectivity index (χ4v) is 3.08. The van der Waals surface area contributed by atoms with Crippen LogP contribution < -0.4 is 0 Å². The third-order valence-corrected chi connectivity index (χ3v) is 4.17. The highest BCUT2D eigenvalue weighted by Crippen LogP contribution is 2.32. The number of rotatable bonds is 3. The lowest BCUT2D eigenvalue weighted by molar-refractivity contribution is 0.689. The average Bonchev–Trinajstić information content (AvgIpc) is 3.02. The van der Waals surface area contributed by atoms with E-state index >= 15 is 0 Å². The molecule has 0 fully saturated rings. The molecular weight excluding hydrogens is 366 g/mol. The van der Waals surface area contributed by atoms with Gasteiger partial charge in [0.1, 0.15) is 0 Å². The summed E-state index contributed by atoms with van der Waals surface area (Å²) in [6.45, 7) is 7.71. The lowest BCUT2D eigenvalue weighted by atomic mass is 10.2. The second-order valence-corrected chi connectivity index (χ2v) is 5.95. The number of aromatic nitrogens is 4. The predicted octanol–water partition coefficient (Wildman–Crippen LogP) is 4.30. The van der Waals surface area contributed by atoms with Gasteiger partial charge in [0.15, 0.2) is 10.8 Å². The standard InChI is InChI=1S/C15H11BrClN5/c1-18-13-6-4-3-5-10(13)8-22-9-11(15(17)20-22)14-12(16)7-19-21(14)2/h3-7,9H,8H2,2H3. The summed E-state index contributed by atoms with van der Waals surface area (Å²) in [5, 5.41) is 8.93. The molecular formula is C15H11BrClN5. The van der Waals surface area contributed by atoms with Crippen LogP contribution >= 0.6 is 27.5 Å². The summed E-state index contributed by atoms with van der Waals surface area (Å²) in [7, 11) is 1.85. The molecule has 7 heteroatoms. The lowest BCUT2D eigenvalue weighted by Gasteiger charge is -2.04. The monoisotopic (exact) mass is 375 g/mol. The summed E-state index contributed by atoms with van der Waals surface area (Å²) in [5.41, 5.74) is 3.20. The highest BCUT2D eigenvalue weighted by Gasteiger charge is 2.16. The summed E-state index contributed by atoms with van der Waals surface area (Å²) < 4.78 is 4.34. The first-order valence-corrected chi connectivity index (χ1v) is 7.63. The number of hydrogen-bond acceptors (Lipinski definition) is 2. The predicted molar refractivity (Wildman–Crippen MR) is 88.9 cm³/mol. The number of hydrogen-bond donors (Lipinski definition) is 0. The van der Waals surface area contributed by atoms with Gasteiger partial charge in [0.2, 0.25) is 0 Å². The molecule has 3 aromatic rings. The molecule has 22 heavy (non-hydrogen) atoms. The van der Waals surface area contributed by atoms with E-state index in [2.05, 4.69) is 31.0 Å². The van der Waals surface area contributed by atoms with Gasteiger partial charge >= 0.3 is 0 Å². The van der Waals surface area contributed by atoms with Crippen molar-refractivity contribution in [3.05, 3.63) is 63.3 Å². The first kappa shape index (κ1) is 14.8. The minimum absolute atomic E-state index is 0.407. The molecule has 0 saturated heterocycles. The van der Waals surface area contributed by atoms with Gasteiger partial charge < -0.3 is 0 Å². The number of nitrogens with zero attached hydrogens (tertiary/aromatic N) is 5. The van der Waals surface area contributed by atoms with E-state index in [9.17, 15) is 0 Å². The van der Waals surface area contributed by atoms with Crippen LogP contribution in [-0.2, 0) is 13.6 Å². The van der Waals surface area contributed by atoms with E-state index in [-0.39, 0.29) is 0 Å². The van der Waals surface area contributed by atoms with Gasteiger partial charge in [-0.2, -0.15) is 10.2 Å². The molecule has 3 rings (SSSR count).